The number of rotatable bonds is 7. The summed E-state index contributed by atoms with van der Waals surface area (Å²) in [6.07, 6.45) is 3.94. The molecule has 2 heterocycles. The quantitative estimate of drug-likeness (QED) is 0.120. The summed E-state index contributed by atoms with van der Waals surface area (Å²) in [4.78, 5) is 54.4. The highest BCUT2D eigenvalue weighted by Crippen LogP contribution is 2.66. The van der Waals surface area contributed by atoms with Crippen LogP contribution in [0.15, 0.2) is 97.1 Å². The van der Waals surface area contributed by atoms with Gasteiger partial charge in [-0.15, -0.1) is 29.8 Å². The third kappa shape index (κ3) is 4.54. The lowest BCUT2D eigenvalue weighted by Gasteiger charge is -2.50. The van der Waals surface area contributed by atoms with Gasteiger partial charge in [-0.2, -0.15) is 0 Å². The molecule has 11 heteroatoms. The highest BCUT2D eigenvalue weighted by atomic mass is 79.9. The number of amides is 4. The van der Waals surface area contributed by atoms with Gasteiger partial charge in [-0.05, 0) is 67.1 Å². The van der Waals surface area contributed by atoms with E-state index in [1.54, 1.807) is 48.5 Å². The fourth-order valence-electron chi connectivity index (χ4n) is 7.90. The van der Waals surface area contributed by atoms with Gasteiger partial charge in [0.05, 0.1) is 23.0 Å². The first-order valence-electron chi connectivity index (χ1n) is 15.3. The number of hydrogen-bond acceptors (Lipinski definition) is 6. The number of phenols is 1. The number of hydrogen-bond donors (Lipinski definition) is 2. The molecule has 3 aromatic carbocycles. The normalized spacial score (nSPS) is 29.7. The second kappa shape index (κ2) is 11.6. The smallest absolute Gasteiger partial charge is 0.254 e. The Morgan fingerprint density at radius 2 is 1.62 bits per heavy atom. The molecule has 0 radical (unpaired) electrons. The maximum absolute atomic E-state index is 14.3. The van der Waals surface area contributed by atoms with Crippen molar-refractivity contribution in [2.24, 2.45) is 17.8 Å². The zero-order valence-electron chi connectivity index (χ0n) is 25.0. The van der Waals surface area contributed by atoms with Crippen LogP contribution in [-0.2, 0) is 25.6 Å². The fraction of sp³-hybridized carbons (Fsp3) is 0.278. The van der Waals surface area contributed by atoms with Crippen LogP contribution in [0, 0.1) is 17.8 Å². The van der Waals surface area contributed by atoms with Gasteiger partial charge in [0.25, 0.3) is 11.8 Å². The molecular weight excluding hydrogens is 705 g/mol. The van der Waals surface area contributed by atoms with E-state index in [1.807, 2.05) is 36.4 Å². The molecular formula is C36H30BrCl2N3O5. The second-order valence-corrected chi connectivity index (χ2v) is 14.1. The summed E-state index contributed by atoms with van der Waals surface area (Å²) in [5.74, 6) is -5.48. The number of carbonyl (C=O) groups excluding carboxylic acids is 4. The summed E-state index contributed by atoms with van der Waals surface area (Å²) in [5, 5.41) is 14.8. The number of para-hydroxylation sites is 2. The zero-order valence-corrected chi connectivity index (χ0v) is 28.1. The minimum absolute atomic E-state index is 0.0858. The Morgan fingerprint density at radius 1 is 0.915 bits per heavy atom. The van der Waals surface area contributed by atoms with Gasteiger partial charge < -0.3 is 10.4 Å². The maximum atomic E-state index is 14.3. The number of carbonyl (C=O) groups is 4. The molecule has 3 fully saturated rings. The SMILES string of the molecule is C=CCc1cccc([C@H]2C3=CC[C@@H]4C(=O)N(c5ccc(Nc6ccccc6)cc5)C(=O)[C@@H]4[C@@H]3C[C@@]3(Cl)C(=O)N(CBr)C(=O)[C@@]23Cl)c1O. The lowest BCUT2D eigenvalue weighted by atomic mass is 9.56. The van der Waals surface area contributed by atoms with Gasteiger partial charge in [0, 0.05) is 22.9 Å². The largest absolute Gasteiger partial charge is 0.507 e. The Hall–Kier alpha value is -3.92. The highest BCUT2D eigenvalue weighted by Gasteiger charge is 2.76. The van der Waals surface area contributed by atoms with Crippen LogP contribution in [0.1, 0.15) is 29.9 Å². The van der Waals surface area contributed by atoms with Crippen molar-refractivity contribution in [2.75, 3.05) is 15.7 Å². The Bertz CT molecular complexity index is 1870. The number of nitrogens with one attached hydrogen (secondary N) is 1. The molecule has 2 aliphatic heterocycles. The van der Waals surface area contributed by atoms with E-state index in [9.17, 15) is 24.3 Å². The van der Waals surface area contributed by atoms with Crippen molar-refractivity contribution in [3.63, 3.8) is 0 Å². The molecule has 0 spiro atoms. The van der Waals surface area contributed by atoms with Gasteiger partial charge in [-0.3, -0.25) is 29.0 Å². The Kier molecular flexibility index (Phi) is 7.85. The number of nitrogens with zero attached hydrogens (tertiary/aromatic N) is 2. The first-order valence-corrected chi connectivity index (χ1v) is 17.2. The van der Waals surface area contributed by atoms with Crippen LogP contribution in [-0.4, -0.2) is 48.8 Å². The third-order valence-corrected chi connectivity index (χ3v) is 11.9. The van der Waals surface area contributed by atoms with E-state index in [0.29, 0.717) is 28.8 Å². The van der Waals surface area contributed by atoms with Crippen LogP contribution in [0.5, 0.6) is 5.75 Å². The molecule has 2 saturated heterocycles. The standard InChI is InChI=1S/C36H30BrCl2N3O5/c1-2-7-20-8-6-11-26(30(20)43)29-24-16-17-25-28(27(24)18-35(38)33(46)41(19-37)34(47)36(29,35)39)32(45)42(31(25)44)23-14-12-22(13-15-23)40-21-9-4-3-5-10-21/h2-6,8-16,25,27-29,40,43H,1,7,17-19H2/t25-,27+,28-,29+,35+,36-/m0/s1. The number of alkyl halides is 3. The molecule has 0 unspecified atom stereocenters. The first kappa shape index (κ1) is 31.7. The van der Waals surface area contributed by atoms with E-state index in [2.05, 4.69) is 27.8 Å². The monoisotopic (exact) mass is 733 g/mol. The van der Waals surface area contributed by atoms with E-state index in [-0.39, 0.29) is 30.0 Å². The summed E-state index contributed by atoms with van der Waals surface area (Å²) < 4.78 is 0. The predicted octanol–water partition coefficient (Wildman–Crippen LogP) is 6.78. The molecule has 6 atom stereocenters. The van der Waals surface area contributed by atoms with Gasteiger partial charge >= 0.3 is 0 Å². The lowest BCUT2D eigenvalue weighted by Crippen LogP contribution is -2.60. The van der Waals surface area contributed by atoms with Gasteiger partial charge in [0.2, 0.25) is 11.8 Å². The molecule has 4 amide bonds. The molecule has 1 saturated carbocycles. The molecule has 8 nitrogen and oxygen atoms in total. The minimum Gasteiger partial charge on any atom is -0.507 e. The van der Waals surface area contributed by atoms with Crippen LogP contribution in [0.25, 0.3) is 0 Å². The van der Waals surface area contributed by atoms with Crippen LogP contribution in [0.4, 0.5) is 17.1 Å². The highest BCUT2D eigenvalue weighted by molar-refractivity contribution is 9.09. The van der Waals surface area contributed by atoms with Gasteiger partial charge in [0.15, 0.2) is 9.75 Å². The molecule has 0 aromatic heterocycles. The summed E-state index contributed by atoms with van der Waals surface area (Å²) in [5.41, 5.74) is 3.50. The molecule has 7 rings (SSSR count). The van der Waals surface area contributed by atoms with E-state index in [4.69, 9.17) is 23.2 Å². The molecule has 2 aliphatic carbocycles. The third-order valence-electron chi connectivity index (χ3n) is 10.0. The zero-order chi connectivity index (χ0) is 33.2. The number of benzene rings is 3. The van der Waals surface area contributed by atoms with E-state index >= 15 is 0 Å². The Labute approximate surface area is 290 Å². The number of fused-ring (bicyclic) bond motifs is 4. The lowest BCUT2D eigenvalue weighted by molar-refractivity contribution is -0.138. The number of aromatic hydroxyl groups is 1. The number of anilines is 3. The number of imide groups is 2. The molecule has 0 bridgehead atoms. The predicted molar refractivity (Wildman–Crippen MR) is 184 cm³/mol. The molecule has 4 aliphatic rings. The Balaban J connectivity index is 1.30. The van der Waals surface area contributed by atoms with Crippen LogP contribution >= 0.6 is 39.1 Å². The summed E-state index contributed by atoms with van der Waals surface area (Å²) >= 11 is 17.9. The summed E-state index contributed by atoms with van der Waals surface area (Å²) in [6, 6.07) is 21.8. The maximum Gasteiger partial charge on any atom is 0.254 e. The summed E-state index contributed by atoms with van der Waals surface area (Å²) in [7, 11) is 0. The molecule has 47 heavy (non-hydrogen) atoms. The Morgan fingerprint density at radius 3 is 2.30 bits per heavy atom. The molecule has 240 valence electrons. The van der Waals surface area contributed by atoms with E-state index in [0.717, 1.165) is 16.3 Å². The average molecular weight is 735 g/mol. The van der Waals surface area contributed by atoms with Crippen molar-refractivity contribution in [1.82, 2.24) is 4.90 Å². The van der Waals surface area contributed by atoms with E-state index in [1.165, 1.54) is 4.90 Å². The molecule has 3 aromatic rings. The number of phenolic OH excluding ortho intramolecular Hbond substituents is 1. The van der Waals surface area contributed by atoms with Crippen molar-refractivity contribution in [2.45, 2.75) is 34.9 Å². The van der Waals surface area contributed by atoms with Gasteiger partial charge in [-0.1, -0.05) is 70.1 Å². The average Bonchev–Trinajstić information content (AvgIpc) is 3.41. The van der Waals surface area contributed by atoms with Crippen molar-refractivity contribution < 1.29 is 24.3 Å². The number of allylic oxidation sites excluding steroid dienone is 3. The van der Waals surface area contributed by atoms with Crippen molar-refractivity contribution in [3.05, 3.63) is 108 Å². The van der Waals surface area contributed by atoms with Crippen molar-refractivity contribution in [1.29, 1.82) is 0 Å². The van der Waals surface area contributed by atoms with Crippen molar-refractivity contribution >= 4 is 79.8 Å². The first-order chi connectivity index (χ1) is 22.6. The topological polar surface area (TPSA) is 107 Å². The summed E-state index contributed by atoms with van der Waals surface area (Å²) in [6.45, 7) is 3.78. The van der Waals surface area contributed by atoms with E-state index < -0.39 is 51.1 Å². The van der Waals surface area contributed by atoms with Crippen molar-refractivity contribution in [3.8, 4) is 5.75 Å². The number of likely N-dealkylation sites (tertiary alicyclic amines) is 1. The van der Waals surface area contributed by atoms with Crippen LogP contribution in [0.2, 0.25) is 0 Å². The van der Waals surface area contributed by atoms with Crippen LogP contribution < -0.4 is 10.2 Å². The van der Waals surface area contributed by atoms with Gasteiger partial charge in [-0.25, -0.2) is 0 Å². The molecule has 2 N–H and O–H groups in total. The fourth-order valence-corrected chi connectivity index (χ4v) is 9.32. The number of halogens is 3. The van der Waals surface area contributed by atoms with Crippen LogP contribution in [0.3, 0.4) is 0 Å². The second-order valence-electron chi connectivity index (χ2n) is 12.4. The van der Waals surface area contributed by atoms with Gasteiger partial charge in [0.1, 0.15) is 5.75 Å². The minimum atomic E-state index is -1.99.